The summed E-state index contributed by atoms with van der Waals surface area (Å²) < 4.78 is 16.1. The zero-order valence-corrected chi connectivity index (χ0v) is 23.7. The predicted octanol–water partition coefficient (Wildman–Crippen LogP) is 5.76. The molecule has 1 saturated heterocycles. The number of amides is 1. The Balaban J connectivity index is 1.36. The van der Waals surface area contributed by atoms with Gasteiger partial charge in [-0.2, -0.15) is 0 Å². The van der Waals surface area contributed by atoms with Crippen LogP contribution in [-0.2, 0) is 6.54 Å². The summed E-state index contributed by atoms with van der Waals surface area (Å²) in [6, 6.07) is 10.8. The van der Waals surface area contributed by atoms with E-state index in [4.69, 9.17) is 0 Å². The van der Waals surface area contributed by atoms with Crippen LogP contribution in [0.1, 0.15) is 72.4 Å². The highest BCUT2D eigenvalue weighted by atomic mass is 32.2. The summed E-state index contributed by atoms with van der Waals surface area (Å²) in [4.78, 5) is 32.3. The molecule has 1 saturated carbocycles. The van der Waals surface area contributed by atoms with E-state index in [1.165, 1.54) is 11.8 Å². The summed E-state index contributed by atoms with van der Waals surface area (Å²) in [6.07, 6.45) is 6.39. The number of nitrogens with one attached hydrogen (secondary N) is 2. The zero-order valence-electron chi connectivity index (χ0n) is 22.9. The summed E-state index contributed by atoms with van der Waals surface area (Å²) in [6.45, 7) is 7.83. The number of thioether (sulfide) groups is 1. The SMILES string of the molecule is CSc1cc(C)[nH]c(=O)c1CNC(=O)c1c(C)n(C(C)C2CCC(N3CC[C@@H](F)C3)CC2)c2ccccc12. The van der Waals surface area contributed by atoms with Gasteiger partial charge in [0, 0.05) is 64.5 Å². The number of halogens is 1. The number of carbonyl (C=O) groups excluding carboxylic acids is 1. The molecule has 2 N–H and O–H groups in total. The fourth-order valence-electron chi connectivity index (χ4n) is 6.73. The molecule has 0 radical (unpaired) electrons. The topological polar surface area (TPSA) is 70.1 Å². The van der Waals surface area contributed by atoms with Crippen LogP contribution >= 0.6 is 11.8 Å². The zero-order chi connectivity index (χ0) is 27.0. The van der Waals surface area contributed by atoms with Gasteiger partial charge in [0.05, 0.1) is 5.56 Å². The molecule has 1 amide bonds. The third kappa shape index (κ3) is 5.17. The number of rotatable bonds is 7. The minimum Gasteiger partial charge on any atom is -0.348 e. The lowest BCUT2D eigenvalue weighted by Gasteiger charge is -2.37. The van der Waals surface area contributed by atoms with Crippen LogP contribution in [0.15, 0.2) is 40.0 Å². The Hall–Kier alpha value is -2.58. The van der Waals surface area contributed by atoms with E-state index in [9.17, 15) is 14.0 Å². The normalized spacial score (nSPS) is 23.1. The third-order valence-corrected chi connectivity index (χ3v) is 9.57. The number of para-hydroxylation sites is 1. The number of aromatic amines is 1. The summed E-state index contributed by atoms with van der Waals surface area (Å²) >= 11 is 1.51. The molecule has 2 aliphatic rings. The number of carbonyl (C=O) groups is 1. The van der Waals surface area contributed by atoms with Gasteiger partial charge in [0.25, 0.3) is 11.5 Å². The first-order valence-electron chi connectivity index (χ1n) is 13.8. The van der Waals surface area contributed by atoms with Crippen LogP contribution in [0.25, 0.3) is 10.9 Å². The molecule has 5 rings (SSSR count). The number of pyridine rings is 1. The van der Waals surface area contributed by atoms with Crippen molar-refractivity contribution in [2.75, 3.05) is 19.3 Å². The second-order valence-corrected chi connectivity index (χ2v) is 11.9. The molecule has 204 valence electrons. The van der Waals surface area contributed by atoms with Crippen molar-refractivity contribution in [3.63, 3.8) is 0 Å². The van der Waals surface area contributed by atoms with E-state index in [0.29, 0.717) is 36.1 Å². The van der Waals surface area contributed by atoms with E-state index < -0.39 is 6.17 Å². The first-order valence-corrected chi connectivity index (χ1v) is 15.0. The monoisotopic (exact) mass is 538 g/mol. The van der Waals surface area contributed by atoms with Crippen molar-refractivity contribution in [3.8, 4) is 0 Å². The molecule has 38 heavy (non-hydrogen) atoms. The molecular weight excluding hydrogens is 499 g/mol. The van der Waals surface area contributed by atoms with Gasteiger partial charge in [-0.15, -0.1) is 11.8 Å². The maximum atomic E-state index is 13.7. The number of aryl methyl sites for hydroxylation is 1. The number of hydrogen-bond acceptors (Lipinski definition) is 4. The summed E-state index contributed by atoms with van der Waals surface area (Å²) in [7, 11) is 0. The highest BCUT2D eigenvalue weighted by Crippen LogP contribution is 2.39. The van der Waals surface area contributed by atoms with Crippen LogP contribution in [-0.4, -0.2) is 51.9 Å². The van der Waals surface area contributed by atoms with E-state index in [1.807, 2.05) is 44.4 Å². The Labute approximate surface area is 228 Å². The van der Waals surface area contributed by atoms with Gasteiger partial charge in [0.15, 0.2) is 0 Å². The number of nitrogens with zero attached hydrogens (tertiary/aromatic N) is 2. The average molecular weight is 539 g/mol. The highest BCUT2D eigenvalue weighted by molar-refractivity contribution is 7.98. The maximum Gasteiger partial charge on any atom is 0.254 e. The number of fused-ring (bicyclic) bond motifs is 1. The van der Waals surface area contributed by atoms with Crippen LogP contribution in [0.3, 0.4) is 0 Å². The fraction of sp³-hybridized carbons (Fsp3) is 0.533. The molecule has 2 fully saturated rings. The van der Waals surface area contributed by atoms with Crippen molar-refractivity contribution in [1.29, 1.82) is 0 Å². The largest absolute Gasteiger partial charge is 0.348 e. The third-order valence-electron chi connectivity index (χ3n) is 8.77. The predicted molar refractivity (Wildman–Crippen MR) is 153 cm³/mol. The molecule has 1 aromatic carbocycles. The Kier molecular flexibility index (Phi) is 8.00. The molecule has 6 nitrogen and oxygen atoms in total. The average Bonchev–Trinajstić information content (AvgIpc) is 3.47. The molecule has 3 aromatic rings. The van der Waals surface area contributed by atoms with Crippen molar-refractivity contribution < 1.29 is 9.18 Å². The molecule has 2 aromatic heterocycles. The molecule has 3 heterocycles. The highest BCUT2D eigenvalue weighted by Gasteiger charge is 2.34. The van der Waals surface area contributed by atoms with Crippen LogP contribution in [0.5, 0.6) is 0 Å². The van der Waals surface area contributed by atoms with Crippen molar-refractivity contribution in [2.45, 2.75) is 82.6 Å². The number of hydrogen-bond donors (Lipinski definition) is 2. The number of benzene rings is 1. The van der Waals surface area contributed by atoms with Crippen molar-refractivity contribution in [3.05, 3.63) is 63.2 Å². The lowest BCUT2D eigenvalue weighted by Crippen LogP contribution is -2.38. The van der Waals surface area contributed by atoms with Gasteiger partial charge in [-0.1, -0.05) is 18.2 Å². The smallest absolute Gasteiger partial charge is 0.254 e. The lowest BCUT2D eigenvalue weighted by molar-refractivity contribution is 0.0950. The molecule has 1 aliphatic heterocycles. The molecule has 1 unspecified atom stereocenters. The second kappa shape index (κ2) is 11.3. The van der Waals surface area contributed by atoms with Gasteiger partial charge in [0.2, 0.25) is 0 Å². The maximum absolute atomic E-state index is 13.7. The minimum absolute atomic E-state index is 0.157. The lowest BCUT2D eigenvalue weighted by atomic mass is 9.81. The van der Waals surface area contributed by atoms with Crippen molar-refractivity contribution >= 4 is 28.6 Å². The standard InChI is InChI=1S/C30H39FN4O2S/c1-18-15-27(38-4)25(29(36)33-18)16-32-30(37)28-20(3)35(26-8-6-5-7-24(26)28)19(2)21-9-11-23(12-10-21)34-14-13-22(31)17-34/h5-8,15,19,21-23H,9-14,16-17H2,1-4H3,(H,32,37)(H,33,36)/t19?,21?,22-,23?/m1/s1. The van der Waals surface area contributed by atoms with Crippen LogP contribution in [0.4, 0.5) is 4.39 Å². The summed E-state index contributed by atoms with van der Waals surface area (Å²) in [5, 5.41) is 3.98. The van der Waals surface area contributed by atoms with Gasteiger partial charge >= 0.3 is 0 Å². The number of likely N-dealkylation sites (tertiary alicyclic amines) is 1. The van der Waals surface area contributed by atoms with E-state index in [-0.39, 0.29) is 24.1 Å². The van der Waals surface area contributed by atoms with Gasteiger partial charge < -0.3 is 14.9 Å². The number of alkyl halides is 1. The van der Waals surface area contributed by atoms with E-state index in [2.05, 4.69) is 32.8 Å². The number of aromatic nitrogens is 2. The Morgan fingerprint density at radius 3 is 2.61 bits per heavy atom. The minimum atomic E-state index is -0.665. The molecule has 1 aliphatic carbocycles. The fourth-order valence-corrected chi connectivity index (χ4v) is 7.44. The number of H-pyrrole nitrogens is 1. The quantitative estimate of drug-likeness (QED) is 0.375. The second-order valence-electron chi connectivity index (χ2n) is 11.0. The Morgan fingerprint density at radius 1 is 1.18 bits per heavy atom. The van der Waals surface area contributed by atoms with E-state index in [1.54, 1.807) is 0 Å². The van der Waals surface area contributed by atoms with Crippen LogP contribution in [0, 0.1) is 19.8 Å². The summed E-state index contributed by atoms with van der Waals surface area (Å²) in [5.41, 5.74) is 3.95. The van der Waals surface area contributed by atoms with Gasteiger partial charge in [-0.25, -0.2) is 4.39 Å². The van der Waals surface area contributed by atoms with Crippen LogP contribution < -0.4 is 10.9 Å². The molecule has 2 atom stereocenters. The molecule has 0 bridgehead atoms. The van der Waals surface area contributed by atoms with Crippen molar-refractivity contribution in [1.82, 2.24) is 19.8 Å². The first-order chi connectivity index (χ1) is 18.3. The molecule has 0 spiro atoms. The Bertz CT molecular complexity index is 1370. The van der Waals surface area contributed by atoms with E-state index >= 15 is 0 Å². The summed E-state index contributed by atoms with van der Waals surface area (Å²) in [5.74, 6) is 0.353. The van der Waals surface area contributed by atoms with E-state index in [0.717, 1.165) is 59.4 Å². The Morgan fingerprint density at radius 2 is 1.92 bits per heavy atom. The van der Waals surface area contributed by atoms with Crippen molar-refractivity contribution in [2.24, 2.45) is 5.92 Å². The molecular formula is C30H39FN4O2S. The van der Waals surface area contributed by atoms with Crippen LogP contribution in [0.2, 0.25) is 0 Å². The molecule has 8 heteroatoms. The first kappa shape index (κ1) is 27.0. The van der Waals surface area contributed by atoms with Gasteiger partial charge in [-0.3, -0.25) is 14.5 Å². The van der Waals surface area contributed by atoms with Gasteiger partial charge in [0.1, 0.15) is 6.17 Å². The van der Waals surface area contributed by atoms with Gasteiger partial charge in [-0.05, 0) is 77.2 Å².